The number of carbonyl (C=O) groups is 1. The summed E-state index contributed by atoms with van der Waals surface area (Å²) in [6, 6.07) is 12.4. The second-order valence-corrected chi connectivity index (χ2v) is 10.9. The van der Waals surface area contributed by atoms with E-state index >= 15 is 0 Å². The summed E-state index contributed by atoms with van der Waals surface area (Å²) in [5.41, 5.74) is 2.65. The molecule has 0 radical (unpaired) electrons. The van der Waals surface area contributed by atoms with E-state index in [-0.39, 0.29) is 28.3 Å². The number of nitrogens with one attached hydrogen (secondary N) is 1. The first-order valence-corrected chi connectivity index (χ1v) is 12.9. The van der Waals surface area contributed by atoms with Crippen molar-refractivity contribution in [3.05, 3.63) is 77.1 Å². The Kier molecular flexibility index (Phi) is 6.02. The molecule has 1 N–H and O–H groups in total. The summed E-state index contributed by atoms with van der Waals surface area (Å²) in [4.78, 5) is 17.4. The summed E-state index contributed by atoms with van der Waals surface area (Å²) in [7, 11) is -3.16. The van der Waals surface area contributed by atoms with Crippen LogP contribution in [0.25, 0.3) is 28.0 Å². The first-order valence-electron chi connectivity index (χ1n) is 10.7. The Labute approximate surface area is 204 Å². The molecule has 0 bridgehead atoms. The third kappa shape index (κ3) is 4.51. The Morgan fingerprint density at radius 1 is 1.09 bits per heavy atom. The van der Waals surface area contributed by atoms with Crippen molar-refractivity contribution in [2.45, 2.75) is 18.9 Å². The second kappa shape index (κ2) is 9.01. The molecule has 1 aliphatic rings. The largest absolute Gasteiger partial charge is 0.348 e. The average molecular weight is 517 g/mol. The maximum Gasteiger partial charge on any atom is 0.263 e. The molecule has 2 aromatic heterocycles. The van der Waals surface area contributed by atoms with Crippen molar-refractivity contribution in [3.8, 4) is 22.4 Å². The molecule has 1 saturated heterocycles. The van der Waals surface area contributed by atoms with Gasteiger partial charge in [0.2, 0.25) is 0 Å². The number of hydrogen-bond donors (Lipinski definition) is 1. The molecule has 11 heteroatoms. The number of nitrogens with zero attached hydrogens (tertiary/aromatic N) is 3. The number of hydrogen-bond acceptors (Lipinski definition) is 5. The van der Waals surface area contributed by atoms with Crippen LogP contribution in [0, 0.1) is 0 Å². The van der Waals surface area contributed by atoms with Gasteiger partial charge >= 0.3 is 0 Å². The quantitative estimate of drug-likeness (QED) is 0.419. The number of benzene rings is 2. The maximum atomic E-state index is 13.1. The van der Waals surface area contributed by atoms with Gasteiger partial charge in [0.25, 0.3) is 12.3 Å². The van der Waals surface area contributed by atoms with Gasteiger partial charge in [-0.25, -0.2) is 26.7 Å². The van der Waals surface area contributed by atoms with Gasteiger partial charge in [-0.3, -0.25) is 4.79 Å². The van der Waals surface area contributed by atoms with Gasteiger partial charge in [0.15, 0.2) is 15.5 Å². The third-order valence-corrected chi connectivity index (χ3v) is 8.04. The van der Waals surface area contributed by atoms with Crippen molar-refractivity contribution in [3.63, 3.8) is 0 Å². The van der Waals surface area contributed by atoms with Crippen molar-refractivity contribution in [2.24, 2.45) is 0 Å². The second-order valence-electron chi connectivity index (χ2n) is 8.29. The van der Waals surface area contributed by atoms with Crippen LogP contribution in [0.2, 0.25) is 5.02 Å². The number of carbonyl (C=O) groups excluding carboxylic acids is 1. The fourth-order valence-corrected chi connectivity index (χ4v) is 6.11. The highest BCUT2D eigenvalue weighted by Gasteiger charge is 2.30. The molecule has 3 heterocycles. The molecule has 1 fully saturated rings. The van der Waals surface area contributed by atoms with Crippen LogP contribution in [0.4, 0.5) is 8.78 Å². The molecule has 5 rings (SSSR count). The Morgan fingerprint density at radius 3 is 2.49 bits per heavy atom. The lowest BCUT2D eigenvalue weighted by molar-refractivity contribution is 0.0942. The van der Waals surface area contributed by atoms with Crippen molar-refractivity contribution in [2.75, 3.05) is 11.5 Å². The Morgan fingerprint density at radius 2 is 1.83 bits per heavy atom. The summed E-state index contributed by atoms with van der Waals surface area (Å²) >= 11 is 6.44. The van der Waals surface area contributed by atoms with Crippen molar-refractivity contribution in [1.29, 1.82) is 0 Å². The molecule has 1 atom stereocenters. The molecule has 0 aliphatic carbocycles. The van der Waals surface area contributed by atoms with Crippen LogP contribution in [-0.2, 0) is 9.84 Å². The van der Waals surface area contributed by atoms with Crippen LogP contribution >= 0.6 is 11.6 Å². The first kappa shape index (κ1) is 23.4. The molecule has 180 valence electrons. The van der Waals surface area contributed by atoms with Gasteiger partial charge in [0, 0.05) is 39.5 Å². The van der Waals surface area contributed by atoms with E-state index in [1.54, 1.807) is 36.5 Å². The van der Waals surface area contributed by atoms with E-state index in [9.17, 15) is 22.0 Å². The van der Waals surface area contributed by atoms with Gasteiger partial charge in [0.05, 0.1) is 23.4 Å². The number of sulfone groups is 1. The lowest BCUT2D eigenvalue weighted by Crippen LogP contribution is -2.35. The summed E-state index contributed by atoms with van der Waals surface area (Å²) in [6.45, 7) is 0. The molecule has 1 aliphatic heterocycles. The molecule has 0 unspecified atom stereocenters. The number of alkyl halides is 2. The maximum absolute atomic E-state index is 13.1. The van der Waals surface area contributed by atoms with Crippen LogP contribution in [0.1, 0.15) is 28.8 Å². The smallest absolute Gasteiger partial charge is 0.263 e. The van der Waals surface area contributed by atoms with Crippen molar-refractivity contribution in [1.82, 2.24) is 19.9 Å². The SMILES string of the molecule is O=C(N[C@@H]1CCS(=O)(=O)C1)c1cnn2c(-c3ccc(C(F)F)cc3)c(-c3ccccc3Cl)cnc12. The van der Waals surface area contributed by atoms with E-state index in [4.69, 9.17) is 11.6 Å². The molecule has 7 nitrogen and oxygen atoms in total. The minimum Gasteiger partial charge on any atom is -0.348 e. The third-order valence-electron chi connectivity index (χ3n) is 5.94. The predicted octanol–water partition coefficient (Wildman–Crippen LogP) is 4.57. The molecule has 0 saturated carbocycles. The monoisotopic (exact) mass is 516 g/mol. The highest BCUT2D eigenvalue weighted by Crippen LogP contribution is 2.36. The average Bonchev–Trinajstić information content (AvgIpc) is 3.41. The van der Waals surface area contributed by atoms with Crippen molar-refractivity contribution < 1.29 is 22.0 Å². The topological polar surface area (TPSA) is 93.4 Å². The highest BCUT2D eigenvalue weighted by atomic mass is 35.5. The Balaban J connectivity index is 1.63. The van der Waals surface area contributed by atoms with Crippen LogP contribution < -0.4 is 5.32 Å². The van der Waals surface area contributed by atoms with E-state index in [1.165, 1.54) is 22.8 Å². The molecule has 2 aromatic carbocycles. The van der Waals surface area contributed by atoms with Gasteiger partial charge in [-0.2, -0.15) is 5.10 Å². The van der Waals surface area contributed by atoms with Gasteiger partial charge in [-0.05, 0) is 12.5 Å². The van der Waals surface area contributed by atoms with Gasteiger partial charge < -0.3 is 5.32 Å². The zero-order valence-electron chi connectivity index (χ0n) is 18.2. The summed E-state index contributed by atoms with van der Waals surface area (Å²) in [5, 5.41) is 7.59. The zero-order valence-corrected chi connectivity index (χ0v) is 19.7. The Bertz CT molecular complexity index is 1540. The summed E-state index contributed by atoms with van der Waals surface area (Å²) < 4.78 is 51.2. The minimum atomic E-state index is -3.16. The minimum absolute atomic E-state index is 0.0327. The standard InChI is InChI=1S/C24H19ClF2N4O3S/c25-20-4-2-1-3-17(20)18-11-28-23-19(24(32)30-16-9-10-35(33,34)13-16)12-29-31(23)21(18)14-5-7-15(8-6-14)22(26)27/h1-8,11-12,16,22H,9-10,13H2,(H,30,32)/t16-/m1/s1. The van der Waals surface area contributed by atoms with Gasteiger partial charge in [-0.1, -0.05) is 54.1 Å². The fourth-order valence-electron chi connectivity index (χ4n) is 4.20. The number of rotatable bonds is 5. The lowest BCUT2D eigenvalue weighted by atomic mass is 9.99. The molecule has 0 spiro atoms. The van der Waals surface area contributed by atoms with E-state index in [0.29, 0.717) is 33.8 Å². The summed E-state index contributed by atoms with van der Waals surface area (Å²) in [5.74, 6) is -0.562. The van der Waals surface area contributed by atoms with Gasteiger partial charge in [0.1, 0.15) is 5.56 Å². The number of halogens is 3. The molecule has 35 heavy (non-hydrogen) atoms. The van der Waals surface area contributed by atoms with E-state index < -0.39 is 28.2 Å². The number of aromatic nitrogens is 3. The normalized spacial score (nSPS) is 17.2. The molecule has 4 aromatic rings. The van der Waals surface area contributed by atoms with Crippen LogP contribution in [-0.4, -0.2) is 46.5 Å². The predicted molar refractivity (Wildman–Crippen MR) is 128 cm³/mol. The Hall–Kier alpha value is -3.37. The van der Waals surface area contributed by atoms with E-state index in [1.807, 2.05) is 6.07 Å². The van der Waals surface area contributed by atoms with Crippen LogP contribution in [0.15, 0.2) is 60.9 Å². The number of fused-ring (bicyclic) bond motifs is 1. The van der Waals surface area contributed by atoms with E-state index in [2.05, 4.69) is 15.4 Å². The molecular formula is C24H19ClF2N4O3S. The molecule has 1 amide bonds. The van der Waals surface area contributed by atoms with Crippen LogP contribution in [0.3, 0.4) is 0 Å². The lowest BCUT2D eigenvalue weighted by Gasteiger charge is -2.14. The first-order chi connectivity index (χ1) is 16.7. The molecular weight excluding hydrogens is 498 g/mol. The zero-order chi connectivity index (χ0) is 24.7. The van der Waals surface area contributed by atoms with Crippen molar-refractivity contribution >= 4 is 33.0 Å². The van der Waals surface area contributed by atoms with Gasteiger partial charge in [-0.15, -0.1) is 0 Å². The number of amides is 1. The van der Waals surface area contributed by atoms with Crippen LogP contribution in [0.5, 0.6) is 0 Å². The highest BCUT2D eigenvalue weighted by molar-refractivity contribution is 7.91. The summed E-state index contributed by atoms with van der Waals surface area (Å²) in [6.07, 6.45) is 0.655. The fraction of sp³-hybridized carbons (Fsp3) is 0.208. The van der Waals surface area contributed by atoms with E-state index in [0.717, 1.165) is 0 Å².